The SMILES string of the molecule is Cc1nc(CC(=O)Nc2ccc(CC3CC[C@H]([C@H](O)c4ccccc4)C3)cc2)cs1. The van der Waals surface area contributed by atoms with E-state index in [2.05, 4.69) is 22.4 Å². The highest BCUT2D eigenvalue weighted by Gasteiger charge is 2.30. The second-order valence-corrected chi connectivity index (χ2v) is 9.34. The Balaban J connectivity index is 1.27. The molecule has 0 bridgehead atoms. The number of aryl methyl sites for hydroxylation is 1. The summed E-state index contributed by atoms with van der Waals surface area (Å²) in [5.74, 6) is 0.897. The average Bonchev–Trinajstić information content (AvgIpc) is 3.38. The third-order valence-electron chi connectivity index (χ3n) is 5.94. The Morgan fingerprint density at radius 3 is 2.63 bits per heavy atom. The maximum absolute atomic E-state index is 12.2. The summed E-state index contributed by atoms with van der Waals surface area (Å²) in [5.41, 5.74) is 3.94. The lowest BCUT2D eigenvalue weighted by molar-refractivity contribution is -0.115. The molecule has 1 fully saturated rings. The van der Waals surface area contributed by atoms with E-state index >= 15 is 0 Å². The second-order valence-electron chi connectivity index (χ2n) is 8.28. The minimum absolute atomic E-state index is 0.0402. The van der Waals surface area contributed by atoms with Crippen molar-refractivity contribution >= 4 is 22.9 Å². The van der Waals surface area contributed by atoms with Gasteiger partial charge in [0.1, 0.15) is 0 Å². The van der Waals surface area contributed by atoms with Gasteiger partial charge in [-0.05, 0) is 67.7 Å². The molecule has 4 rings (SSSR count). The molecule has 0 aliphatic heterocycles. The Bertz CT molecular complexity index is 968. The van der Waals surface area contributed by atoms with E-state index in [1.807, 2.05) is 54.8 Å². The van der Waals surface area contributed by atoms with Gasteiger partial charge in [0.25, 0.3) is 0 Å². The first kappa shape index (κ1) is 20.8. The number of amides is 1. The lowest BCUT2D eigenvalue weighted by Gasteiger charge is -2.19. The number of thiazole rings is 1. The maximum Gasteiger partial charge on any atom is 0.230 e. The molecule has 0 saturated heterocycles. The first-order valence-corrected chi connectivity index (χ1v) is 11.5. The number of carbonyl (C=O) groups excluding carboxylic acids is 1. The second kappa shape index (κ2) is 9.54. The third kappa shape index (κ3) is 5.35. The first-order chi connectivity index (χ1) is 14.6. The number of aromatic nitrogens is 1. The fourth-order valence-electron chi connectivity index (χ4n) is 4.42. The monoisotopic (exact) mass is 420 g/mol. The number of benzene rings is 2. The van der Waals surface area contributed by atoms with E-state index in [9.17, 15) is 9.90 Å². The summed E-state index contributed by atoms with van der Waals surface area (Å²) in [5, 5.41) is 16.6. The van der Waals surface area contributed by atoms with Gasteiger partial charge in [-0.2, -0.15) is 0 Å². The summed E-state index contributed by atoms with van der Waals surface area (Å²) in [6.45, 7) is 1.94. The Morgan fingerprint density at radius 1 is 1.17 bits per heavy atom. The molecule has 1 aliphatic carbocycles. The quantitative estimate of drug-likeness (QED) is 0.543. The van der Waals surface area contributed by atoms with Crippen LogP contribution in [-0.4, -0.2) is 16.0 Å². The smallest absolute Gasteiger partial charge is 0.230 e. The van der Waals surface area contributed by atoms with Gasteiger partial charge in [-0.15, -0.1) is 11.3 Å². The predicted octanol–water partition coefficient (Wildman–Crippen LogP) is 5.33. The van der Waals surface area contributed by atoms with Crippen LogP contribution in [0.2, 0.25) is 0 Å². The number of aliphatic hydroxyl groups excluding tert-OH is 1. The minimum Gasteiger partial charge on any atom is -0.388 e. The molecular weight excluding hydrogens is 392 g/mol. The summed E-state index contributed by atoms with van der Waals surface area (Å²) in [6, 6.07) is 18.1. The van der Waals surface area contributed by atoms with Gasteiger partial charge in [-0.1, -0.05) is 42.5 Å². The molecule has 0 radical (unpaired) electrons. The van der Waals surface area contributed by atoms with Crippen molar-refractivity contribution in [3.63, 3.8) is 0 Å². The third-order valence-corrected chi connectivity index (χ3v) is 6.76. The van der Waals surface area contributed by atoms with Crippen LogP contribution >= 0.6 is 11.3 Å². The lowest BCUT2D eigenvalue weighted by atomic mass is 9.91. The number of carbonyl (C=O) groups is 1. The largest absolute Gasteiger partial charge is 0.388 e. The van der Waals surface area contributed by atoms with E-state index in [-0.39, 0.29) is 12.0 Å². The van der Waals surface area contributed by atoms with Crippen molar-refractivity contribution < 1.29 is 9.90 Å². The normalized spacial score (nSPS) is 19.5. The molecule has 1 amide bonds. The van der Waals surface area contributed by atoms with Crippen molar-refractivity contribution in [2.45, 2.75) is 45.1 Å². The molecule has 1 unspecified atom stereocenters. The number of nitrogens with zero attached hydrogens (tertiary/aromatic N) is 1. The number of hydrogen-bond acceptors (Lipinski definition) is 4. The van der Waals surface area contributed by atoms with Crippen LogP contribution in [0, 0.1) is 18.8 Å². The Kier molecular flexibility index (Phi) is 6.60. The molecular formula is C25H28N2O2S. The molecule has 2 aromatic carbocycles. The van der Waals surface area contributed by atoms with Crippen LogP contribution in [0.1, 0.15) is 47.2 Å². The van der Waals surface area contributed by atoms with Crippen LogP contribution in [0.25, 0.3) is 0 Å². The summed E-state index contributed by atoms with van der Waals surface area (Å²) < 4.78 is 0. The van der Waals surface area contributed by atoms with E-state index in [0.29, 0.717) is 18.3 Å². The Hall–Kier alpha value is -2.50. The van der Waals surface area contributed by atoms with Gasteiger partial charge in [0.05, 0.1) is 23.2 Å². The molecule has 1 heterocycles. The predicted molar refractivity (Wildman–Crippen MR) is 122 cm³/mol. The van der Waals surface area contributed by atoms with Crippen LogP contribution in [0.4, 0.5) is 5.69 Å². The zero-order valence-corrected chi connectivity index (χ0v) is 18.1. The number of anilines is 1. The van der Waals surface area contributed by atoms with Gasteiger partial charge in [-0.25, -0.2) is 4.98 Å². The van der Waals surface area contributed by atoms with Crippen molar-refractivity contribution in [1.82, 2.24) is 4.98 Å². The fraction of sp³-hybridized carbons (Fsp3) is 0.360. The number of aliphatic hydroxyl groups is 1. The van der Waals surface area contributed by atoms with Crippen molar-refractivity contribution in [3.05, 3.63) is 81.8 Å². The molecule has 1 aliphatic rings. The fourth-order valence-corrected chi connectivity index (χ4v) is 5.04. The van der Waals surface area contributed by atoms with E-state index in [1.54, 1.807) is 11.3 Å². The number of nitrogens with one attached hydrogen (secondary N) is 1. The van der Waals surface area contributed by atoms with E-state index in [4.69, 9.17) is 0 Å². The Morgan fingerprint density at radius 2 is 1.93 bits per heavy atom. The summed E-state index contributed by atoms with van der Waals surface area (Å²) in [7, 11) is 0. The molecule has 30 heavy (non-hydrogen) atoms. The summed E-state index contributed by atoms with van der Waals surface area (Å²) in [4.78, 5) is 16.5. The Labute approximate surface area is 182 Å². The van der Waals surface area contributed by atoms with Gasteiger partial charge in [-0.3, -0.25) is 4.79 Å². The topological polar surface area (TPSA) is 62.2 Å². The number of rotatable bonds is 7. The zero-order chi connectivity index (χ0) is 20.9. The van der Waals surface area contributed by atoms with Gasteiger partial charge in [0, 0.05) is 11.1 Å². The van der Waals surface area contributed by atoms with E-state index in [0.717, 1.165) is 47.6 Å². The standard InChI is InChI=1S/C25H28N2O2S/c1-17-26-23(16-30-17)15-24(28)27-22-11-8-18(9-12-22)13-19-7-10-21(14-19)25(29)20-5-3-2-4-6-20/h2-6,8-9,11-12,16,19,21,25,29H,7,10,13-15H2,1H3,(H,27,28)/t19?,21-,25+/m0/s1. The zero-order valence-electron chi connectivity index (χ0n) is 17.3. The highest BCUT2D eigenvalue weighted by atomic mass is 32.1. The molecule has 156 valence electrons. The van der Waals surface area contributed by atoms with Crippen LogP contribution in [-0.2, 0) is 17.6 Å². The van der Waals surface area contributed by atoms with Gasteiger partial charge >= 0.3 is 0 Å². The van der Waals surface area contributed by atoms with E-state index in [1.165, 1.54) is 5.56 Å². The lowest BCUT2D eigenvalue weighted by Crippen LogP contribution is -2.14. The molecule has 4 nitrogen and oxygen atoms in total. The van der Waals surface area contributed by atoms with Crippen LogP contribution in [0.5, 0.6) is 0 Å². The maximum atomic E-state index is 12.2. The van der Waals surface area contributed by atoms with Crippen LogP contribution in [0.3, 0.4) is 0 Å². The van der Waals surface area contributed by atoms with Gasteiger partial charge in [0.15, 0.2) is 0 Å². The molecule has 5 heteroatoms. The molecule has 1 saturated carbocycles. The van der Waals surface area contributed by atoms with E-state index < -0.39 is 0 Å². The molecule has 1 aromatic heterocycles. The van der Waals surface area contributed by atoms with Crippen molar-refractivity contribution in [3.8, 4) is 0 Å². The average molecular weight is 421 g/mol. The summed E-state index contributed by atoms with van der Waals surface area (Å²) >= 11 is 1.56. The first-order valence-electron chi connectivity index (χ1n) is 10.6. The highest BCUT2D eigenvalue weighted by molar-refractivity contribution is 7.09. The van der Waals surface area contributed by atoms with Gasteiger partial charge < -0.3 is 10.4 Å². The van der Waals surface area contributed by atoms with Crippen molar-refractivity contribution in [2.24, 2.45) is 11.8 Å². The van der Waals surface area contributed by atoms with Crippen molar-refractivity contribution in [1.29, 1.82) is 0 Å². The van der Waals surface area contributed by atoms with Gasteiger partial charge in [0.2, 0.25) is 5.91 Å². The van der Waals surface area contributed by atoms with Crippen LogP contribution < -0.4 is 5.32 Å². The number of hydrogen-bond donors (Lipinski definition) is 2. The molecule has 3 atom stereocenters. The molecule has 3 aromatic rings. The minimum atomic E-state index is -0.365. The molecule has 0 spiro atoms. The summed E-state index contributed by atoms with van der Waals surface area (Å²) in [6.07, 6.45) is 4.24. The van der Waals surface area contributed by atoms with Crippen LogP contribution in [0.15, 0.2) is 60.0 Å². The molecule has 2 N–H and O–H groups in total. The van der Waals surface area contributed by atoms with Crippen molar-refractivity contribution in [2.75, 3.05) is 5.32 Å². The highest BCUT2D eigenvalue weighted by Crippen LogP contribution is 2.40.